The molecule has 2 aromatic heterocycles. The van der Waals surface area contributed by atoms with E-state index < -0.39 is 12.0 Å². The van der Waals surface area contributed by atoms with Gasteiger partial charge in [0.15, 0.2) is 0 Å². The van der Waals surface area contributed by atoms with Crippen molar-refractivity contribution in [2.45, 2.75) is 70.2 Å². The number of benzene rings is 2. The highest BCUT2D eigenvalue weighted by atomic mass is 35.5. The van der Waals surface area contributed by atoms with E-state index >= 15 is 0 Å². The van der Waals surface area contributed by atoms with Crippen LogP contribution in [0.2, 0.25) is 10.0 Å². The van der Waals surface area contributed by atoms with E-state index in [1.165, 1.54) is 7.11 Å². The first kappa shape index (κ1) is 36.2. The number of methoxy groups -OCH3 is 2. The topological polar surface area (TPSA) is 123 Å². The zero-order chi connectivity index (χ0) is 36.4. The summed E-state index contributed by atoms with van der Waals surface area (Å²) < 4.78 is 17.8. The predicted molar refractivity (Wildman–Crippen MR) is 199 cm³/mol. The van der Waals surface area contributed by atoms with E-state index in [9.17, 15) is 14.7 Å². The largest absolute Gasteiger partial charge is 0.481 e. The van der Waals surface area contributed by atoms with E-state index in [1.807, 2.05) is 41.3 Å². The van der Waals surface area contributed by atoms with Gasteiger partial charge in [-0.2, -0.15) is 4.98 Å². The Balaban J connectivity index is 1.09. The van der Waals surface area contributed by atoms with Crippen molar-refractivity contribution >= 4 is 35.0 Å². The Labute approximate surface area is 313 Å². The second-order valence-corrected chi connectivity index (χ2v) is 14.5. The third-order valence-corrected chi connectivity index (χ3v) is 11.1. The molecule has 1 aliphatic heterocycles. The lowest BCUT2D eigenvalue weighted by Gasteiger charge is -2.23. The molecule has 3 aliphatic rings. The molecular weight excluding hydrogens is 703 g/mol. The van der Waals surface area contributed by atoms with Crippen LogP contribution in [0.5, 0.6) is 17.6 Å². The highest BCUT2D eigenvalue weighted by Crippen LogP contribution is 2.45. The van der Waals surface area contributed by atoms with Gasteiger partial charge in [0.1, 0.15) is 23.0 Å². The van der Waals surface area contributed by atoms with Crippen molar-refractivity contribution in [1.29, 1.82) is 0 Å². The monoisotopic (exact) mass is 744 g/mol. The number of pyridine rings is 2. The smallest absolute Gasteiger partial charge is 0.320 e. The first-order valence-electron chi connectivity index (χ1n) is 17.8. The van der Waals surface area contributed by atoms with Crippen molar-refractivity contribution in [3.63, 3.8) is 0 Å². The number of halogens is 2. The molecule has 7 rings (SSSR count). The average Bonchev–Trinajstić information content (AvgIpc) is 3.90. The minimum Gasteiger partial charge on any atom is -0.481 e. The van der Waals surface area contributed by atoms with Gasteiger partial charge in [0, 0.05) is 48.2 Å². The number of Topliss-reactive ketones (excluding diaryl/α,β-unsaturated/α-hetero) is 1. The summed E-state index contributed by atoms with van der Waals surface area (Å²) in [5.41, 5.74) is 7.29. The molecule has 52 heavy (non-hydrogen) atoms. The zero-order valence-electron chi connectivity index (χ0n) is 29.3. The van der Waals surface area contributed by atoms with Crippen molar-refractivity contribution in [3.05, 3.63) is 86.9 Å². The molecule has 2 aliphatic carbocycles. The van der Waals surface area contributed by atoms with Crippen LogP contribution in [-0.4, -0.2) is 65.1 Å². The second-order valence-electron chi connectivity index (χ2n) is 13.7. The molecule has 2 N–H and O–H groups in total. The van der Waals surface area contributed by atoms with E-state index in [2.05, 4.69) is 22.4 Å². The number of carbonyl (C=O) groups is 2. The Kier molecular flexibility index (Phi) is 11.0. The molecule has 2 aromatic carbocycles. The van der Waals surface area contributed by atoms with Crippen LogP contribution in [0.25, 0.3) is 22.4 Å². The zero-order valence-corrected chi connectivity index (χ0v) is 30.8. The number of fused-ring (bicyclic) bond motifs is 1. The van der Waals surface area contributed by atoms with Crippen LogP contribution < -0.4 is 19.5 Å². The highest BCUT2D eigenvalue weighted by Gasteiger charge is 2.33. The normalized spacial score (nSPS) is 19.9. The number of carboxylic acids is 1. The summed E-state index contributed by atoms with van der Waals surface area (Å²) in [7, 11) is 3.16. The summed E-state index contributed by atoms with van der Waals surface area (Å²) in [6.07, 6.45) is 4.94. The molecule has 0 spiro atoms. The molecule has 0 bridgehead atoms. The van der Waals surface area contributed by atoms with Gasteiger partial charge in [0.2, 0.25) is 17.6 Å². The van der Waals surface area contributed by atoms with Crippen molar-refractivity contribution in [2.24, 2.45) is 5.92 Å². The molecular formula is C40H42Cl2N4O6. The summed E-state index contributed by atoms with van der Waals surface area (Å²) in [5, 5.41) is 14.0. The summed E-state index contributed by atoms with van der Waals surface area (Å²) in [4.78, 5) is 34.8. The molecule has 1 saturated carbocycles. The Morgan fingerprint density at radius 2 is 1.69 bits per heavy atom. The van der Waals surface area contributed by atoms with Gasteiger partial charge < -0.3 is 24.6 Å². The first-order chi connectivity index (χ1) is 25.2. The Hall–Kier alpha value is -4.22. The van der Waals surface area contributed by atoms with Gasteiger partial charge in [-0.15, -0.1) is 0 Å². The molecule has 0 amide bonds. The van der Waals surface area contributed by atoms with Crippen molar-refractivity contribution < 1.29 is 28.9 Å². The summed E-state index contributed by atoms with van der Waals surface area (Å²) in [5.74, 6) is 1.08. The molecule has 2 fully saturated rings. The van der Waals surface area contributed by atoms with E-state index in [-0.39, 0.29) is 12.0 Å². The highest BCUT2D eigenvalue weighted by molar-refractivity contribution is 6.36. The lowest BCUT2D eigenvalue weighted by atomic mass is 9.94. The van der Waals surface area contributed by atoms with Gasteiger partial charge in [-0.3, -0.25) is 14.5 Å². The molecule has 1 saturated heterocycles. The van der Waals surface area contributed by atoms with E-state index in [1.54, 1.807) is 13.2 Å². The number of rotatable bonds is 13. The van der Waals surface area contributed by atoms with Gasteiger partial charge in [-0.1, -0.05) is 65.7 Å². The fourth-order valence-corrected chi connectivity index (χ4v) is 8.39. The van der Waals surface area contributed by atoms with Crippen LogP contribution in [0.15, 0.2) is 54.6 Å². The molecule has 3 heterocycles. The number of hydrogen-bond acceptors (Lipinski definition) is 9. The molecule has 4 aromatic rings. The van der Waals surface area contributed by atoms with E-state index in [0.717, 1.165) is 65.6 Å². The maximum atomic E-state index is 11.7. The molecule has 12 heteroatoms. The van der Waals surface area contributed by atoms with Crippen molar-refractivity contribution in [1.82, 2.24) is 20.2 Å². The van der Waals surface area contributed by atoms with Gasteiger partial charge in [-0.25, -0.2) is 4.98 Å². The lowest BCUT2D eigenvalue weighted by molar-refractivity contribution is -0.142. The second kappa shape index (κ2) is 15.8. The van der Waals surface area contributed by atoms with E-state index in [0.29, 0.717) is 83.7 Å². The van der Waals surface area contributed by atoms with Crippen molar-refractivity contribution in [2.75, 3.05) is 27.3 Å². The maximum Gasteiger partial charge on any atom is 0.320 e. The van der Waals surface area contributed by atoms with Crippen LogP contribution in [0.1, 0.15) is 66.9 Å². The number of nitrogens with zero attached hydrogens (tertiary/aromatic N) is 3. The quantitative estimate of drug-likeness (QED) is 0.141. The van der Waals surface area contributed by atoms with Crippen LogP contribution in [0, 0.1) is 5.92 Å². The van der Waals surface area contributed by atoms with Gasteiger partial charge in [-0.05, 0) is 79.9 Å². The Morgan fingerprint density at radius 1 is 0.923 bits per heavy atom. The number of hydrogen-bond donors (Lipinski definition) is 2. The minimum atomic E-state index is -0.826. The number of nitrogens with one attached hydrogen (secondary N) is 1. The van der Waals surface area contributed by atoms with Gasteiger partial charge in [0.05, 0.1) is 24.9 Å². The molecule has 272 valence electrons. The fourth-order valence-electron chi connectivity index (χ4n) is 7.85. The number of aromatic nitrogens is 2. The summed E-state index contributed by atoms with van der Waals surface area (Å²) in [6.45, 7) is 2.44. The van der Waals surface area contributed by atoms with Gasteiger partial charge >= 0.3 is 5.97 Å². The number of ether oxygens (including phenoxy) is 3. The molecule has 0 unspecified atom stereocenters. The van der Waals surface area contributed by atoms with Crippen molar-refractivity contribution in [3.8, 4) is 40.0 Å². The Morgan fingerprint density at radius 3 is 2.46 bits per heavy atom. The average molecular weight is 746 g/mol. The molecule has 3 atom stereocenters. The minimum absolute atomic E-state index is 0.272. The number of ketones is 1. The fraction of sp³-hybridized carbons (Fsp3) is 0.400. The summed E-state index contributed by atoms with van der Waals surface area (Å²) in [6, 6.07) is 17.4. The Bertz CT molecular complexity index is 1990. The standard InChI is InChI=1S/C40H42Cl2N4O6/c1-50-37-24(21-43-20-23-11-13-26(47)18-23)12-15-33(44-37)31-9-4-8-30(36(31)42)27-6-3-7-29-28(27)14-16-35(29)52-39-32(41)19-25(38(45-39)51-2)22-46-17-5-10-34(46)40(48)49/h3-4,6-9,12,15,19,23,34-35,43H,5,10-11,13-14,16-18,20-22H2,1-2H3,(H,48,49)/t23-,34+,35+/m1/s1. The van der Waals surface area contributed by atoms with Crippen LogP contribution >= 0.6 is 23.2 Å². The maximum absolute atomic E-state index is 11.7. The molecule has 10 nitrogen and oxygen atoms in total. The van der Waals surface area contributed by atoms with Crippen LogP contribution in [0.4, 0.5) is 0 Å². The SMILES string of the molecule is COc1nc(-c2cccc(-c3cccc4c3CC[C@@H]4Oc3nc(OC)c(CN4CCC[C@H]4C(=O)O)cc3Cl)c2Cl)ccc1CNC[C@@H]1CCC(=O)C1. The number of carbonyl (C=O) groups excluding carboxylic acids is 1. The third-order valence-electron chi connectivity index (χ3n) is 10.5. The third kappa shape index (κ3) is 7.48. The van der Waals surface area contributed by atoms with E-state index in [4.69, 9.17) is 42.4 Å². The lowest BCUT2D eigenvalue weighted by Crippen LogP contribution is -2.35. The number of aliphatic carboxylic acids is 1. The molecule has 0 radical (unpaired) electrons. The number of carboxylic acid groups (broad SMARTS) is 1. The first-order valence-corrected chi connectivity index (χ1v) is 18.5. The number of likely N-dealkylation sites (tertiary alicyclic amines) is 1. The predicted octanol–water partition coefficient (Wildman–Crippen LogP) is 7.71. The van der Waals surface area contributed by atoms with Crippen LogP contribution in [0.3, 0.4) is 0 Å². The summed E-state index contributed by atoms with van der Waals surface area (Å²) >= 11 is 13.9. The van der Waals surface area contributed by atoms with Gasteiger partial charge in [0.25, 0.3) is 0 Å². The van der Waals surface area contributed by atoms with Crippen LogP contribution in [-0.2, 0) is 29.1 Å².